The van der Waals surface area contributed by atoms with Crippen LogP contribution in [0.15, 0.2) is 48.5 Å². The zero-order chi connectivity index (χ0) is 25.6. The van der Waals surface area contributed by atoms with Gasteiger partial charge in [0.15, 0.2) is 0 Å². The maximum absolute atomic E-state index is 12.8. The molecule has 2 N–H and O–H groups in total. The zero-order valence-corrected chi connectivity index (χ0v) is 21.1. The summed E-state index contributed by atoms with van der Waals surface area (Å²) in [5, 5.41) is 19.1. The highest BCUT2D eigenvalue weighted by Gasteiger charge is 2.16. The van der Waals surface area contributed by atoms with Crippen molar-refractivity contribution in [3.8, 4) is 6.07 Å². The van der Waals surface area contributed by atoms with Crippen molar-refractivity contribution >= 4 is 23.2 Å². The number of carbonyl (C=O) groups is 2. The molecule has 0 fully saturated rings. The van der Waals surface area contributed by atoms with Gasteiger partial charge in [0, 0.05) is 17.7 Å². The van der Waals surface area contributed by atoms with Crippen LogP contribution in [0, 0.1) is 25.2 Å². The maximum Gasteiger partial charge on any atom is 0.255 e. The fourth-order valence-electron chi connectivity index (χ4n) is 3.94. The Morgan fingerprint density at radius 1 is 1.00 bits per heavy atom. The Kier molecular flexibility index (Phi) is 8.08. The fraction of sp³-hybridized carbons (Fsp3) is 0.357. The smallest absolute Gasteiger partial charge is 0.255 e. The zero-order valence-electron chi connectivity index (χ0n) is 21.1. The van der Waals surface area contributed by atoms with Gasteiger partial charge in [-0.3, -0.25) is 14.3 Å². The Bertz CT molecular complexity index is 1240. The average Bonchev–Trinajstić information content (AvgIpc) is 3.09. The molecular weight excluding hydrogens is 438 g/mol. The van der Waals surface area contributed by atoms with Crippen LogP contribution in [0.2, 0.25) is 0 Å². The molecule has 0 aliphatic rings. The molecule has 0 saturated heterocycles. The van der Waals surface area contributed by atoms with Gasteiger partial charge in [-0.15, -0.1) is 0 Å². The molecule has 0 unspecified atom stereocenters. The van der Waals surface area contributed by atoms with Crippen molar-refractivity contribution in [2.75, 3.05) is 10.6 Å². The van der Waals surface area contributed by atoms with Crippen molar-refractivity contribution in [1.29, 1.82) is 5.26 Å². The summed E-state index contributed by atoms with van der Waals surface area (Å²) in [5.41, 5.74) is 5.70. The summed E-state index contributed by atoms with van der Waals surface area (Å²) in [5.74, 6) is -0.381. The van der Waals surface area contributed by atoms with Gasteiger partial charge in [0.05, 0.1) is 36.1 Å². The van der Waals surface area contributed by atoms with Crippen LogP contribution in [0.5, 0.6) is 0 Å². The number of aryl methyl sites for hydroxylation is 2. The lowest BCUT2D eigenvalue weighted by Gasteiger charge is -2.19. The lowest BCUT2D eigenvalue weighted by Crippen LogP contribution is -2.17. The van der Waals surface area contributed by atoms with Crippen LogP contribution in [0.4, 0.5) is 11.4 Å². The molecule has 0 atom stereocenters. The standard InChI is InChI=1S/C28H33N5O2/c1-19-23(20(2)33(32-19)18-8-17-29)15-16-26(34)30-24-9-6-7-10-25(24)31-27(35)21-11-13-22(14-12-21)28(3,4)5/h6-7,9-14H,8,15-16,18H2,1-5H3,(H,30,34)(H,31,35). The lowest BCUT2D eigenvalue weighted by atomic mass is 9.87. The van der Waals surface area contributed by atoms with E-state index >= 15 is 0 Å². The van der Waals surface area contributed by atoms with Crippen LogP contribution in [0.1, 0.15) is 66.5 Å². The summed E-state index contributed by atoms with van der Waals surface area (Å²) >= 11 is 0. The highest BCUT2D eigenvalue weighted by Crippen LogP contribution is 2.25. The Morgan fingerprint density at radius 2 is 1.63 bits per heavy atom. The molecular formula is C28H33N5O2. The third-order valence-corrected chi connectivity index (χ3v) is 6.03. The minimum atomic E-state index is -0.233. The number of amides is 2. The highest BCUT2D eigenvalue weighted by atomic mass is 16.2. The lowest BCUT2D eigenvalue weighted by molar-refractivity contribution is -0.116. The monoisotopic (exact) mass is 471 g/mol. The van der Waals surface area contributed by atoms with Crippen molar-refractivity contribution in [2.24, 2.45) is 0 Å². The van der Waals surface area contributed by atoms with E-state index in [2.05, 4.69) is 42.6 Å². The molecule has 3 rings (SSSR count). The van der Waals surface area contributed by atoms with Gasteiger partial charge >= 0.3 is 0 Å². The normalized spacial score (nSPS) is 11.1. The van der Waals surface area contributed by atoms with Crippen LogP contribution < -0.4 is 10.6 Å². The predicted octanol–water partition coefficient (Wildman–Crippen LogP) is 5.53. The average molecular weight is 472 g/mol. The van der Waals surface area contributed by atoms with Crippen molar-refractivity contribution in [2.45, 2.75) is 65.8 Å². The molecule has 7 heteroatoms. The van der Waals surface area contributed by atoms with Crippen LogP contribution in [0.25, 0.3) is 0 Å². The maximum atomic E-state index is 12.8. The van der Waals surface area contributed by atoms with E-state index in [1.807, 2.05) is 54.9 Å². The van der Waals surface area contributed by atoms with E-state index in [0.29, 0.717) is 36.3 Å². The number of anilines is 2. The molecule has 1 heterocycles. The van der Waals surface area contributed by atoms with Gasteiger partial charge in [-0.05, 0) is 61.1 Å². The van der Waals surface area contributed by atoms with Crippen molar-refractivity contribution in [3.63, 3.8) is 0 Å². The van der Waals surface area contributed by atoms with Gasteiger partial charge in [-0.25, -0.2) is 0 Å². The van der Waals surface area contributed by atoms with E-state index in [0.717, 1.165) is 22.5 Å². The van der Waals surface area contributed by atoms with E-state index in [1.54, 1.807) is 12.1 Å². The van der Waals surface area contributed by atoms with E-state index < -0.39 is 0 Å². The molecule has 0 aliphatic heterocycles. The Morgan fingerprint density at radius 3 is 2.23 bits per heavy atom. The number of benzene rings is 2. The first-order valence-corrected chi connectivity index (χ1v) is 11.8. The molecule has 1 aromatic heterocycles. The van der Waals surface area contributed by atoms with Crippen LogP contribution in [0.3, 0.4) is 0 Å². The van der Waals surface area contributed by atoms with E-state index in [9.17, 15) is 9.59 Å². The first-order chi connectivity index (χ1) is 16.6. The number of aromatic nitrogens is 2. The van der Waals surface area contributed by atoms with Crippen LogP contribution in [-0.2, 0) is 23.2 Å². The number of para-hydroxylation sites is 2. The summed E-state index contributed by atoms with van der Waals surface area (Å²) in [6.07, 6.45) is 1.22. The van der Waals surface area contributed by atoms with Gasteiger partial charge in [-0.1, -0.05) is 45.0 Å². The van der Waals surface area contributed by atoms with Gasteiger partial charge < -0.3 is 10.6 Å². The Hall–Kier alpha value is -3.92. The van der Waals surface area contributed by atoms with E-state index in [1.165, 1.54) is 0 Å². The molecule has 3 aromatic rings. The third kappa shape index (κ3) is 6.57. The molecule has 2 amide bonds. The molecule has 7 nitrogen and oxygen atoms in total. The minimum Gasteiger partial charge on any atom is -0.324 e. The number of carbonyl (C=O) groups excluding carboxylic acids is 2. The van der Waals surface area contributed by atoms with Crippen LogP contribution >= 0.6 is 0 Å². The Balaban J connectivity index is 1.64. The van der Waals surface area contributed by atoms with Crippen molar-refractivity contribution in [1.82, 2.24) is 9.78 Å². The molecule has 0 spiro atoms. The largest absolute Gasteiger partial charge is 0.324 e. The Labute approximate surface area is 207 Å². The molecule has 2 aromatic carbocycles. The number of hydrogen-bond acceptors (Lipinski definition) is 4. The summed E-state index contributed by atoms with van der Waals surface area (Å²) in [6.45, 7) is 10.8. The molecule has 0 radical (unpaired) electrons. The van der Waals surface area contributed by atoms with Gasteiger partial charge in [-0.2, -0.15) is 10.4 Å². The second-order valence-corrected chi connectivity index (χ2v) is 9.66. The second kappa shape index (κ2) is 11.0. The number of nitrogens with zero attached hydrogens (tertiary/aromatic N) is 3. The second-order valence-electron chi connectivity index (χ2n) is 9.66. The van der Waals surface area contributed by atoms with E-state index in [-0.39, 0.29) is 23.7 Å². The number of rotatable bonds is 8. The number of hydrogen-bond donors (Lipinski definition) is 2. The highest BCUT2D eigenvalue weighted by molar-refractivity contribution is 6.07. The van der Waals surface area contributed by atoms with E-state index in [4.69, 9.17) is 5.26 Å². The molecule has 182 valence electrons. The molecule has 35 heavy (non-hydrogen) atoms. The summed E-state index contributed by atoms with van der Waals surface area (Å²) in [6, 6.07) is 16.9. The third-order valence-electron chi connectivity index (χ3n) is 6.03. The predicted molar refractivity (Wildman–Crippen MR) is 138 cm³/mol. The topological polar surface area (TPSA) is 99.8 Å². The van der Waals surface area contributed by atoms with Crippen molar-refractivity contribution in [3.05, 3.63) is 76.6 Å². The van der Waals surface area contributed by atoms with Gasteiger partial charge in [0.1, 0.15) is 0 Å². The summed E-state index contributed by atoms with van der Waals surface area (Å²) in [7, 11) is 0. The molecule has 0 aliphatic carbocycles. The number of nitriles is 1. The minimum absolute atomic E-state index is 0.0122. The molecule has 0 saturated carbocycles. The van der Waals surface area contributed by atoms with Gasteiger partial charge in [0.25, 0.3) is 5.91 Å². The van der Waals surface area contributed by atoms with Crippen LogP contribution in [-0.4, -0.2) is 21.6 Å². The number of nitrogens with one attached hydrogen (secondary N) is 2. The van der Waals surface area contributed by atoms with Gasteiger partial charge in [0.2, 0.25) is 5.91 Å². The first kappa shape index (κ1) is 25.7. The quantitative estimate of drug-likeness (QED) is 0.451. The molecule has 0 bridgehead atoms. The van der Waals surface area contributed by atoms with Crippen molar-refractivity contribution < 1.29 is 9.59 Å². The SMILES string of the molecule is Cc1nn(CCC#N)c(C)c1CCC(=O)Nc1ccccc1NC(=O)c1ccc(C(C)(C)C)cc1. The fourth-order valence-corrected chi connectivity index (χ4v) is 3.94. The first-order valence-electron chi connectivity index (χ1n) is 11.8. The summed E-state index contributed by atoms with van der Waals surface area (Å²) < 4.78 is 1.82. The summed E-state index contributed by atoms with van der Waals surface area (Å²) in [4.78, 5) is 25.6.